The second-order valence-electron chi connectivity index (χ2n) is 4.23. The number of aromatic nitrogens is 3. The largest absolute Gasteiger partial charge is 0.315 e. The molecule has 9 heteroatoms. The molecule has 0 aromatic carbocycles. The average Bonchev–Trinajstić information content (AvgIpc) is 2.99. The second-order valence-corrected chi connectivity index (χ2v) is 7.30. The van der Waals surface area contributed by atoms with Crippen molar-refractivity contribution in [3.8, 4) is 0 Å². The maximum absolute atomic E-state index is 12.2. The van der Waals surface area contributed by atoms with Gasteiger partial charge in [-0.15, -0.1) is 16.4 Å². The zero-order valence-electron chi connectivity index (χ0n) is 11.3. The van der Waals surface area contributed by atoms with Gasteiger partial charge in [-0.1, -0.05) is 5.21 Å². The maximum atomic E-state index is 12.2. The van der Waals surface area contributed by atoms with Crippen LogP contribution in [-0.4, -0.2) is 37.0 Å². The van der Waals surface area contributed by atoms with E-state index in [1.54, 1.807) is 23.1 Å². The Kier molecular flexibility index (Phi) is 4.86. The van der Waals surface area contributed by atoms with Crippen LogP contribution in [0.4, 0.5) is 0 Å². The summed E-state index contributed by atoms with van der Waals surface area (Å²) in [7, 11) is -1.64. The molecule has 0 unspecified atom stereocenters. The molecule has 0 saturated heterocycles. The molecule has 20 heavy (non-hydrogen) atoms. The van der Waals surface area contributed by atoms with Gasteiger partial charge in [-0.3, -0.25) is 4.68 Å². The molecule has 2 aromatic rings. The highest BCUT2D eigenvalue weighted by Gasteiger charge is 2.19. The van der Waals surface area contributed by atoms with Crippen LogP contribution in [0, 0.1) is 6.92 Å². The summed E-state index contributed by atoms with van der Waals surface area (Å²) in [5.41, 5.74) is 0. The number of sulfonamides is 1. The lowest BCUT2D eigenvalue weighted by Gasteiger charge is -2.05. The van der Waals surface area contributed by atoms with E-state index in [1.165, 1.54) is 11.3 Å². The molecule has 2 rings (SSSR count). The molecule has 0 atom stereocenters. The van der Waals surface area contributed by atoms with E-state index in [1.807, 2.05) is 14.0 Å². The van der Waals surface area contributed by atoms with E-state index >= 15 is 0 Å². The fourth-order valence-electron chi connectivity index (χ4n) is 1.78. The fourth-order valence-corrected chi connectivity index (χ4v) is 4.44. The van der Waals surface area contributed by atoms with Crippen molar-refractivity contribution in [3.63, 3.8) is 0 Å². The van der Waals surface area contributed by atoms with E-state index in [0.29, 0.717) is 18.0 Å². The molecule has 2 aromatic heterocycles. The van der Waals surface area contributed by atoms with Crippen molar-refractivity contribution in [2.45, 2.75) is 24.9 Å². The summed E-state index contributed by atoms with van der Waals surface area (Å²) in [6.45, 7) is 3.21. The van der Waals surface area contributed by atoms with Crippen LogP contribution in [0.25, 0.3) is 0 Å². The first-order valence-corrected chi connectivity index (χ1v) is 8.40. The predicted molar refractivity (Wildman–Crippen MR) is 77.0 cm³/mol. The summed E-state index contributed by atoms with van der Waals surface area (Å²) in [6.07, 6.45) is 3.25. The van der Waals surface area contributed by atoms with E-state index in [-0.39, 0.29) is 6.54 Å². The summed E-state index contributed by atoms with van der Waals surface area (Å²) < 4.78 is 28.6. The average molecular weight is 315 g/mol. The highest BCUT2D eigenvalue weighted by Crippen LogP contribution is 2.25. The summed E-state index contributed by atoms with van der Waals surface area (Å²) >= 11 is 1.49. The molecule has 7 nitrogen and oxygen atoms in total. The van der Waals surface area contributed by atoms with Crippen molar-refractivity contribution in [3.05, 3.63) is 28.2 Å². The van der Waals surface area contributed by atoms with Crippen molar-refractivity contribution < 1.29 is 8.42 Å². The van der Waals surface area contributed by atoms with Crippen LogP contribution < -0.4 is 10.0 Å². The van der Waals surface area contributed by atoms with Crippen molar-refractivity contribution in [2.24, 2.45) is 0 Å². The number of aryl methyl sites for hydroxylation is 1. The molecule has 110 valence electrons. The Labute approximate surface area is 122 Å². The van der Waals surface area contributed by atoms with Crippen LogP contribution in [0.5, 0.6) is 0 Å². The number of rotatable bonds is 7. The first kappa shape index (κ1) is 15.1. The lowest BCUT2D eigenvalue weighted by Crippen LogP contribution is -2.27. The highest BCUT2D eigenvalue weighted by atomic mass is 32.2. The van der Waals surface area contributed by atoms with Crippen LogP contribution in [-0.2, 0) is 23.1 Å². The first-order valence-electron chi connectivity index (χ1n) is 6.10. The topological polar surface area (TPSA) is 88.9 Å². The van der Waals surface area contributed by atoms with E-state index < -0.39 is 10.0 Å². The van der Waals surface area contributed by atoms with Crippen molar-refractivity contribution >= 4 is 21.4 Å². The van der Waals surface area contributed by atoms with Gasteiger partial charge >= 0.3 is 0 Å². The van der Waals surface area contributed by atoms with Gasteiger partial charge in [0.2, 0.25) is 10.0 Å². The van der Waals surface area contributed by atoms with Crippen LogP contribution >= 0.6 is 11.3 Å². The third-order valence-electron chi connectivity index (χ3n) is 2.67. The van der Waals surface area contributed by atoms with Gasteiger partial charge in [0, 0.05) is 29.0 Å². The van der Waals surface area contributed by atoms with Crippen LogP contribution in [0.1, 0.15) is 9.75 Å². The summed E-state index contributed by atoms with van der Waals surface area (Å²) in [5, 5.41) is 10.5. The van der Waals surface area contributed by atoms with E-state index in [9.17, 15) is 8.42 Å². The van der Waals surface area contributed by atoms with Crippen LogP contribution in [0.3, 0.4) is 0 Å². The van der Waals surface area contributed by atoms with Gasteiger partial charge in [0.1, 0.15) is 0 Å². The Morgan fingerprint density at radius 2 is 2.25 bits per heavy atom. The molecule has 0 spiro atoms. The van der Waals surface area contributed by atoms with Gasteiger partial charge in [0.25, 0.3) is 0 Å². The summed E-state index contributed by atoms with van der Waals surface area (Å²) in [4.78, 5) is 2.15. The molecular weight excluding hydrogens is 298 g/mol. The Hall–Kier alpha value is -1.29. The molecule has 2 heterocycles. The minimum Gasteiger partial charge on any atom is -0.315 e. The van der Waals surface area contributed by atoms with Gasteiger partial charge in [-0.25, -0.2) is 13.1 Å². The monoisotopic (exact) mass is 315 g/mol. The number of nitrogens with zero attached hydrogens (tertiary/aromatic N) is 3. The molecule has 2 N–H and O–H groups in total. The standard InChI is InChI=1S/C11H17N5O2S2/c1-9-11(7-10(19-9)8-12-2)20(17,18)14-4-6-16-5-3-13-15-16/h3,5,7,12,14H,4,6,8H2,1-2H3. The summed E-state index contributed by atoms with van der Waals surface area (Å²) in [6, 6.07) is 1.72. The molecular formula is C11H17N5O2S2. The lowest BCUT2D eigenvalue weighted by atomic mass is 10.4. The zero-order valence-corrected chi connectivity index (χ0v) is 13.0. The van der Waals surface area contributed by atoms with Crippen molar-refractivity contribution in [1.29, 1.82) is 0 Å². The number of hydrogen-bond donors (Lipinski definition) is 2. The number of nitrogens with one attached hydrogen (secondary N) is 2. The third-order valence-corrected chi connectivity index (χ3v) is 5.44. The minimum atomic E-state index is -3.47. The molecule has 0 fully saturated rings. The quantitative estimate of drug-likeness (QED) is 0.769. The lowest BCUT2D eigenvalue weighted by molar-refractivity contribution is 0.552. The Bertz CT molecular complexity index is 648. The van der Waals surface area contributed by atoms with Crippen LogP contribution in [0.2, 0.25) is 0 Å². The van der Waals surface area contributed by atoms with Gasteiger partial charge in [0.05, 0.1) is 17.6 Å². The normalized spacial score (nSPS) is 11.9. The third kappa shape index (κ3) is 3.63. The van der Waals surface area contributed by atoms with E-state index in [4.69, 9.17) is 0 Å². The molecule has 0 radical (unpaired) electrons. The predicted octanol–water partition coefficient (Wildman–Crippen LogP) is 0.346. The van der Waals surface area contributed by atoms with Gasteiger partial charge in [-0.2, -0.15) is 0 Å². The Morgan fingerprint density at radius 3 is 2.90 bits per heavy atom. The summed E-state index contributed by atoms with van der Waals surface area (Å²) in [5.74, 6) is 0. The number of hydrogen-bond acceptors (Lipinski definition) is 6. The van der Waals surface area contributed by atoms with E-state index in [0.717, 1.165) is 9.75 Å². The highest BCUT2D eigenvalue weighted by molar-refractivity contribution is 7.89. The zero-order chi connectivity index (χ0) is 14.6. The van der Waals surface area contributed by atoms with Gasteiger partial charge in [-0.05, 0) is 20.0 Å². The maximum Gasteiger partial charge on any atom is 0.241 e. The Balaban J connectivity index is 2.02. The molecule has 0 saturated carbocycles. The second kappa shape index (κ2) is 6.44. The first-order chi connectivity index (χ1) is 9.53. The molecule has 0 aliphatic heterocycles. The Morgan fingerprint density at radius 1 is 1.45 bits per heavy atom. The van der Waals surface area contributed by atoms with Gasteiger partial charge < -0.3 is 5.32 Å². The fraction of sp³-hybridized carbons (Fsp3) is 0.455. The molecule has 0 bridgehead atoms. The SMILES string of the molecule is CNCc1cc(S(=O)(=O)NCCn2ccnn2)c(C)s1. The number of thiophene rings is 1. The molecule has 0 amide bonds. The van der Waals surface area contributed by atoms with Crippen molar-refractivity contribution in [1.82, 2.24) is 25.0 Å². The van der Waals surface area contributed by atoms with Crippen molar-refractivity contribution in [2.75, 3.05) is 13.6 Å². The van der Waals surface area contributed by atoms with E-state index in [2.05, 4.69) is 20.4 Å². The smallest absolute Gasteiger partial charge is 0.241 e. The molecule has 0 aliphatic rings. The molecule has 0 aliphatic carbocycles. The van der Waals surface area contributed by atoms with Gasteiger partial charge in [0.15, 0.2) is 0 Å². The van der Waals surface area contributed by atoms with Crippen LogP contribution in [0.15, 0.2) is 23.4 Å². The minimum absolute atomic E-state index is 0.280.